The Balaban J connectivity index is 1.33. The van der Waals surface area contributed by atoms with E-state index in [4.69, 9.17) is 0 Å². The molecule has 2 aliphatic heterocycles. The number of piperidine rings is 1. The minimum atomic E-state index is -0.0787. The quantitative estimate of drug-likeness (QED) is 0.464. The molecule has 2 heterocycles. The molecule has 0 bridgehead atoms. The highest BCUT2D eigenvalue weighted by Gasteiger charge is 2.53. The van der Waals surface area contributed by atoms with Gasteiger partial charge in [-0.2, -0.15) is 0 Å². The number of nitrogens with one attached hydrogen (secondary N) is 1. The first kappa shape index (κ1) is 22.1. The van der Waals surface area contributed by atoms with Gasteiger partial charge in [0.25, 0.3) is 0 Å². The Morgan fingerprint density at radius 2 is 1.71 bits per heavy atom. The van der Waals surface area contributed by atoms with E-state index < -0.39 is 0 Å². The Morgan fingerprint density at radius 1 is 0.971 bits per heavy atom. The summed E-state index contributed by atoms with van der Waals surface area (Å²) in [5.74, 6) is 0.811. The van der Waals surface area contributed by atoms with Gasteiger partial charge in [-0.25, -0.2) is 0 Å². The minimum Gasteiger partial charge on any atom is -0.335 e. The molecule has 1 spiro atoms. The first-order chi connectivity index (χ1) is 16.7. The fourth-order valence-electron chi connectivity index (χ4n) is 6.82. The first-order valence-corrected chi connectivity index (χ1v) is 13.3. The zero-order valence-electron chi connectivity index (χ0n) is 19.4. The van der Waals surface area contributed by atoms with E-state index in [1.807, 2.05) is 0 Å². The summed E-state index contributed by atoms with van der Waals surface area (Å²) in [5, 5.41) is 3.61. The summed E-state index contributed by atoms with van der Waals surface area (Å²) >= 11 is 3.64. The fraction of sp³-hybridized carbons (Fsp3) is 0.367. The molecule has 3 aliphatic rings. The molecular weight excluding hydrogens is 484 g/mol. The predicted octanol–water partition coefficient (Wildman–Crippen LogP) is 6.00. The van der Waals surface area contributed by atoms with Gasteiger partial charge in [0.15, 0.2) is 0 Å². The molecule has 34 heavy (non-hydrogen) atoms. The molecule has 2 saturated heterocycles. The molecule has 174 valence electrons. The monoisotopic (exact) mass is 514 g/mol. The van der Waals surface area contributed by atoms with Gasteiger partial charge in [-0.1, -0.05) is 82.7 Å². The van der Waals surface area contributed by atoms with Crippen molar-refractivity contribution < 1.29 is 4.79 Å². The van der Waals surface area contributed by atoms with Gasteiger partial charge in [-0.05, 0) is 66.0 Å². The number of fused-ring (bicyclic) bond motifs is 2. The minimum absolute atomic E-state index is 0.00517. The van der Waals surface area contributed by atoms with Gasteiger partial charge in [0, 0.05) is 29.5 Å². The highest BCUT2D eigenvalue weighted by molar-refractivity contribution is 9.10. The second kappa shape index (κ2) is 8.98. The molecule has 4 heteroatoms. The van der Waals surface area contributed by atoms with Crippen LogP contribution in [-0.4, -0.2) is 30.4 Å². The standard InChI is InChI=1S/C30H31BrN2O/c31-25-11-12-26-24(17-25)13-15-30(26)20-32-19-27(30)29(34)33-16-14-23(21-7-3-1-4-8-21)18-28(33)22-9-5-2-6-10-22/h1-12,17,23,27-28,32H,13-16,18-20H2/t23-,27+,28+,30?/m1/s1. The lowest BCUT2D eigenvalue weighted by Crippen LogP contribution is -2.49. The molecule has 0 saturated carbocycles. The van der Waals surface area contributed by atoms with E-state index in [0.29, 0.717) is 11.8 Å². The summed E-state index contributed by atoms with van der Waals surface area (Å²) in [7, 11) is 0. The number of likely N-dealkylation sites (tertiary alicyclic amines) is 1. The molecular formula is C30H31BrN2O. The molecule has 3 aromatic carbocycles. The number of aryl methyl sites for hydroxylation is 1. The number of carbonyl (C=O) groups is 1. The first-order valence-electron chi connectivity index (χ1n) is 12.6. The van der Waals surface area contributed by atoms with Gasteiger partial charge in [0.1, 0.15) is 0 Å². The summed E-state index contributed by atoms with van der Waals surface area (Å²) in [5.41, 5.74) is 5.36. The highest BCUT2D eigenvalue weighted by atomic mass is 79.9. The number of hydrogen-bond donors (Lipinski definition) is 1. The predicted molar refractivity (Wildman–Crippen MR) is 140 cm³/mol. The number of amides is 1. The maximum absolute atomic E-state index is 14.3. The van der Waals surface area contributed by atoms with Gasteiger partial charge in [-0.3, -0.25) is 4.79 Å². The van der Waals surface area contributed by atoms with Crippen molar-refractivity contribution >= 4 is 21.8 Å². The van der Waals surface area contributed by atoms with Crippen LogP contribution >= 0.6 is 15.9 Å². The van der Waals surface area contributed by atoms with Crippen molar-refractivity contribution in [3.63, 3.8) is 0 Å². The summed E-state index contributed by atoms with van der Waals surface area (Å²) in [6, 6.07) is 28.3. The summed E-state index contributed by atoms with van der Waals surface area (Å²) in [6.45, 7) is 2.49. The van der Waals surface area contributed by atoms with E-state index in [0.717, 1.165) is 49.8 Å². The molecule has 6 rings (SSSR count). The van der Waals surface area contributed by atoms with Crippen LogP contribution in [0.15, 0.2) is 83.3 Å². The Kier molecular flexibility index (Phi) is 5.82. The van der Waals surface area contributed by atoms with Crippen molar-refractivity contribution in [1.82, 2.24) is 10.2 Å². The van der Waals surface area contributed by atoms with Crippen LogP contribution in [0.25, 0.3) is 0 Å². The zero-order valence-corrected chi connectivity index (χ0v) is 21.0. The average Bonchev–Trinajstić information content (AvgIpc) is 3.48. The zero-order chi connectivity index (χ0) is 23.1. The Morgan fingerprint density at radius 3 is 2.47 bits per heavy atom. The molecule has 3 aromatic rings. The van der Waals surface area contributed by atoms with Crippen molar-refractivity contribution in [3.8, 4) is 0 Å². The third-order valence-corrected chi connectivity index (χ3v) is 9.03. The molecule has 2 fully saturated rings. The number of rotatable bonds is 3. The number of benzene rings is 3. The lowest BCUT2D eigenvalue weighted by molar-refractivity contribution is -0.141. The van der Waals surface area contributed by atoms with Crippen LogP contribution in [0.1, 0.15) is 53.5 Å². The largest absolute Gasteiger partial charge is 0.335 e. The van der Waals surface area contributed by atoms with E-state index in [-0.39, 0.29) is 17.4 Å². The maximum atomic E-state index is 14.3. The number of hydrogen-bond acceptors (Lipinski definition) is 2. The highest BCUT2D eigenvalue weighted by Crippen LogP contribution is 2.49. The van der Waals surface area contributed by atoms with Crippen molar-refractivity contribution in [2.45, 2.75) is 43.1 Å². The molecule has 1 aliphatic carbocycles. The Hall–Kier alpha value is -2.43. The normalized spacial score (nSPS) is 28.3. The lowest BCUT2D eigenvalue weighted by Gasteiger charge is -2.43. The molecule has 0 aromatic heterocycles. The third kappa shape index (κ3) is 3.72. The molecule has 0 radical (unpaired) electrons. The van der Waals surface area contributed by atoms with Crippen LogP contribution in [0.4, 0.5) is 0 Å². The van der Waals surface area contributed by atoms with Crippen molar-refractivity contribution in [1.29, 1.82) is 0 Å². The van der Waals surface area contributed by atoms with Crippen LogP contribution in [0.5, 0.6) is 0 Å². The van der Waals surface area contributed by atoms with Gasteiger partial charge >= 0.3 is 0 Å². The van der Waals surface area contributed by atoms with E-state index in [9.17, 15) is 4.79 Å². The summed E-state index contributed by atoms with van der Waals surface area (Å²) in [6.07, 6.45) is 4.11. The van der Waals surface area contributed by atoms with Crippen molar-refractivity contribution in [3.05, 3.63) is 106 Å². The topological polar surface area (TPSA) is 32.3 Å². The lowest BCUT2D eigenvalue weighted by atomic mass is 9.72. The number of carbonyl (C=O) groups excluding carboxylic acids is 1. The van der Waals surface area contributed by atoms with Crippen LogP contribution < -0.4 is 5.32 Å². The molecule has 3 nitrogen and oxygen atoms in total. The van der Waals surface area contributed by atoms with Crippen molar-refractivity contribution in [2.75, 3.05) is 19.6 Å². The van der Waals surface area contributed by atoms with Gasteiger partial charge in [0.2, 0.25) is 5.91 Å². The fourth-order valence-corrected chi connectivity index (χ4v) is 7.23. The second-order valence-corrected chi connectivity index (χ2v) is 11.1. The third-order valence-electron chi connectivity index (χ3n) is 8.54. The van der Waals surface area contributed by atoms with Crippen LogP contribution in [0.3, 0.4) is 0 Å². The smallest absolute Gasteiger partial charge is 0.228 e. The molecule has 4 atom stereocenters. The van der Waals surface area contributed by atoms with Gasteiger partial charge in [-0.15, -0.1) is 0 Å². The van der Waals surface area contributed by atoms with Crippen LogP contribution in [0, 0.1) is 5.92 Å². The summed E-state index contributed by atoms with van der Waals surface area (Å²) in [4.78, 5) is 16.6. The van der Waals surface area contributed by atoms with E-state index in [1.54, 1.807) is 0 Å². The molecule has 1 N–H and O–H groups in total. The Bertz CT molecular complexity index is 1180. The van der Waals surface area contributed by atoms with E-state index >= 15 is 0 Å². The number of nitrogens with zero attached hydrogens (tertiary/aromatic N) is 1. The van der Waals surface area contributed by atoms with E-state index in [2.05, 4.69) is 105 Å². The SMILES string of the molecule is O=C([C@@H]1CNCC12CCc1cc(Br)ccc12)N1CC[C@@H](c2ccccc2)C[C@H]1c1ccccc1. The second-order valence-electron chi connectivity index (χ2n) is 10.2. The molecule has 1 unspecified atom stereocenters. The Labute approximate surface area is 210 Å². The molecule has 1 amide bonds. The maximum Gasteiger partial charge on any atom is 0.228 e. The average molecular weight is 515 g/mol. The van der Waals surface area contributed by atoms with Gasteiger partial charge < -0.3 is 10.2 Å². The summed E-state index contributed by atoms with van der Waals surface area (Å²) < 4.78 is 1.13. The van der Waals surface area contributed by atoms with Crippen LogP contribution in [0.2, 0.25) is 0 Å². The van der Waals surface area contributed by atoms with E-state index in [1.165, 1.54) is 22.3 Å². The van der Waals surface area contributed by atoms with Crippen molar-refractivity contribution in [2.24, 2.45) is 5.92 Å². The number of halogens is 1. The van der Waals surface area contributed by atoms with Crippen LogP contribution in [-0.2, 0) is 16.6 Å². The van der Waals surface area contributed by atoms with Gasteiger partial charge in [0.05, 0.1) is 12.0 Å².